The van der Waals surface area contributed by atoms with Gasteiger partial charge in [0.25, 0.3) is 11.3 Å². The summed E-state index contributed by atoms with van der Waals surface area (Å²) in [5, 5.41) is 11.1. The number of benzene rings is 4. The summed E-state index contributed by atoms with van der Waals surface area (Å²) in [5.41, 5.74) is 5.58. The van der Waals surface area contributed by atoms with Gasteiger partial charge in [-0.2, -0.15) is 8.51 Å². The van der Waals surface area contributed by atoms with E-state index in [0.717, 1.165) is 33.4 Å². The molecule has 0 bridgehead atoms. The van der Waals surface area contributed by atoms with Crippen molar-refractivity contribution in [3.63, 3.8) is 0 Å². The normalized spacial score (nSPS) is 15.3. The van der Waals surface area contributed by atoms with Crippen LogP contribution in [0, 0.1) is 32.6 Å². The van der Waals surface area contributed by atoms with Crippen molar-refractivity contribution in [1.29, 1.82) is 0 Å². The lowest BCUT2D eigenvalue weighted by Crippen LogP contribution is -2.43. The average molecular weight is 658 g/mol. The molecule has 0 amide bonds. The number of hydrogen-bond donors (Lipinski definition) is 1. The molecular weight excluding hydrogens is 610 g/mol. The highest BCUT2D eigenvalue weighted by Crippen LogP contribution is 2.32. The predicted molar refractivity (Wildman–Crippen MR) is 187 cm³/mol. The molecule has 0 fully saturated rings. The molecule has 47 heavy (non-hydrogen) atoms. The van der Waals surface area contributed by atoms with Crippen LogP contribution in [-0.4, -0.2) is 38.3 Å². The van der Waals surface area contributed by atoms with E-state index in [0.29, 0.717) is 12.4 Å². The van der Waals surface area contributed by atoms with Crippen LogP contribution in [0.1, 0.15) is 60.3 Å². The number of hydrogen-bond acceptors (Lipinski definition) is 6. The maximum atomic E-state index is 14.1. The Morgan fingerprint density at radius 2 is 1.34 bits per heavy atom. The first-order valence-electron chi connectivity index (χ1n) is 16.1. The Morgan fingerprint density at radius 1 is 0.809 bits per heavy atom. The monoisotopic (exact) mass is 657 g/mol. The van der Waals surface area contributed by atoms with Crippen molar-refractivity contribution in [2.24, 2.45) is 11.8 Å². The van der Waals surface area contributed by atoms with E-state index in [-0.39, 0.29) is 19.1 Å². The molecule has 0 radical (unpaired) electrons. The first-order valence-corrected chi connectivity index (χ1v) is 17.1. The standard InChI is InChI=1S/C39H47NO6S/c1-27-22-28(2)37(29(3)23-27)46-47(43)40(24-33-16-10-7-11-17-33)32(6)38(35-20-14-9-15-21-35)45-39(42)31(5)36(41)30(4)25-44-26-34-18-12-8-13-19-34/h7-23,30-32,36,38,41H,24-26H2,1-6H3/t30?,31-,32+,36-,38+,47?/m1/s1. The SMILES string of the molecule is Cc1cc(C)c(OS(=O)N(Cc2ccccc2)[C@@H](C)[C@H](OC(=O)[C@H](C)[C@H](O)C(C)COCc2ccccc2)c2ccccc2)c(C)c1. The van der Waals surface area contributed by atoms with Gasteiger partial charge in [0, 0.05) is 12.5 Å². The number of carbonyl (C=O) groups is 1. The van der Waals surface area contributed by atoms with Gasteiger partial charge in [0.1, 0.15) is 11.9 Å². The van der Waals surface area contributed by atoms with Gasteiger partial charge in [-0.3, -0.25) is 4.79 Å². The Labute approximate surface area is 282 Å². The molecule has 2 unspecified atom stereocenters. The molecule has 0 saturated heterocycles. The molecule has 1 N–H and O–H groups in total. The number of rotatable bonds is 16. The molecule has 7 nitrogen and oxygen atoms in total. The van der Waals surface area contributed by atoms with Crippen molar-refractivity contribution in [3.05, 3.63) is 137 Å². The van der Waals surface area contributed by atoms with Gasteiger partial charge in [-0.05, 0) is 62.4 Å². The van der Waals surface area contributed by atoms with E-state index >= 15 is 0 Å². The van der Waals surface area contributed by atoms with E-state index < -0.39 is 41.4 Å². The van der Waals surface area contributed by atoms with Crippen LogP contribution in [0.15, 0.2) is 103 Å². The zero-order valence-electron chi connectivity index (χ0n) is 28.2. The first kappa shape index (κ1) is 36.0. The van der Waals surface area contributed by atoms with Gasteiger partial charge in [-0.25, -0.2) is 0 Å². The van der Waals surface area contributed by atoms with E-state index in [1.54, 1.807) is 11.2 Å². The molecule has 8 heteroatoms. The molecular formula is C39H47NO6S. The van der Waals surface area contributed by atoms with E-state index in [9.17, 15) is 14.1 Å². The van der Waals surface area contributed by atoms with Crippen LogP contribution in [0.4, 0.5) is 0 Å². The molecule has 6 atom stereocenters. The number of carbonyl (C=O) groups excluding carboxylic acids is 1. The number of ether oxygens (including phenoxy) is 2. The molecule has 0 aliphatic carbocycles. The third-order valence-electron chi connectivity index (χ3n) is 8.35. The number of nitrogens with zero attached hydrogens (tertiary/aromatic N) is 1. The fraction of sp³-hybridized carbons (Fsp3) is 0.359. The average Bonchev–Trinajstić information content (AvgIpc) is 3.07. The highest BCUT2D eigenvalue weighted by Gasteiger charge is 2.36. The largest absolute Gasteiger partial charge is 0.455 e. The number of esters is 1. The molecule has 0 saturated carbocycles. The van der Waals surface area contributed by atoms with E-state index in [2.05, 4.69) is 0 Å². The van der Waals surface area contributed by atoms with Crippen LogP contribution >= 0.6 is 0 Å². The van der Waals surface area contributed by atoms with E-state index in [1.165, 1.54) is 0 Å². The molecule has 4 aromatic carbocycles. The molecule has 0 aliphatic heterocycles. The lowest BCUT2D eigenvalue weighted by atomic mass is 9.93. The minimum Gasteiger partial charge on any atom is -0.455 e. The fourth-order valence-corrected chi connectivity index (χ4v) is 6.79. The number of aliphatic hydroxyl groups excluding tert-OH is 1. The van der Waals surface area contributed by atoms with Crippen LogP contribution in [0.5, 0.6) is 5.75 Å². The Kier molecular flexibility index (Phi) is 13.3. The van der Waals surface area contributed by atoms with Gasteiger partial charge in [0.05, 0.1) is 31.3 Å². The lowest BCUT2D eigenvalue weighted by molar-refractivity contribution is -0.162. The second-order valence-corrected chi connectivity index (χ2v) is 13.4. The van der Waals surface area contributed by atoms with E-state index in [1.807, 2.05) is 138 Å². The van der Waals surface area contributed by atoms with Crippen molar-refractivity contribution in [3.8, 4) is 5.75 Å². The topological polar surface area (TPSA) is 85.3 Å². The molecule has 0 spiro atoms. The Balaban J connectivity index is 1.55. The quantitative estimate of drug-likeness (QED) is 0.125. The molecule has 0 heterocycles. The zero-order chi connectivity index (χ0) is 33.9. The Morgan fingerprint density at radius 3 is 1.91 bits per heavy atom. The molecule has 0 aromatic heterocycles. The Hall–Kier alpha value is -3.82. The third kappa shape index (κ3) is 10.1. The minimum atomic E-state index is -1.95. The van der Waals surface area contributed by atoms with Gasteiger partial charge in [0.2, 0.25) is 0 Å². The summed E-state index contributed by atoms with van der Waals surface area (Å²) in [7, 11) is 0. The minimum absolute atomic E-state index is 0.283. The smallest absolute Gasteiger partial charge is 0.311 e. The van der Waals surface area contributed by atoms with Crippen molar-refractivity contribution < 1.29 is 27.8 Å². The van der Waals surface area contributed by atoms with Gasteiger partial charge in [-0.15, -0.1) is 0 Å². The number of aryl methyl sites for hydroxylation is 3. The van der Waals surface area contributed by atoms with Gasteiger partial charge < -0.3 is 18.8 Å². The van der Waals surface area contributed by atoms with Crippen molar-refractivity contribution in [2.45, 2.75) is 72.9 Å². The Bertz CT molecular complexity index is 1560. The second-order valence-electron chi connectivity index (χ2n) is 12.4. The fourth-order valence-electron chi connectivity index (χ4n) is 5.65. The maximum Gasteiger partial charge on any atom is 0.311 e. The van der Waals surface area contributed by atoms with Gasteiger partial charge >= 0.3 is 5.97 Å². The van der Waals surface area contributed by atoms with Crippen molar-refractivity contribution >= 4 is 17.2 Å². The number of aliphatic hydroxyl groups is 1. The van der Waals surface area contributed by atoms with Crippen LogP contribution in [0.3, 0.4) is 0 Å². The maximum absolute atomic E-state index is 14.1. The second kappa shape index (κ2) is 17.4. The summed E-state index contributed by atoms with van der Waals surface area (Å²) in [5.74, 6) is -1.13. The van der Waals surface area contributed by atoms with Gasteiger partial charge in [0.15, 0.2) is 0 Å². The summed E-state index contributed by atoms with van der Waals surface area (Å²) in [4.78, 5) is 13.7. The molecule has 250 valence electrons. The molecule has 4 aromatic rings. The lowest BCUT2D eigenvalue weighted by Gasteiger charge is -2.34. The summed E-state index contributed by atoms with van der Waals surface area (Å²) in [6.07, 6.45) is -1.80. The highest BCUT2D eigenvalue weighted by molar-refractivity contribution is 7.78. The zero-order valence-corrected chi connectivity index (χ0v) is 29.0. The summed E-state index contributed by atoms with van der Waals surface area (Å²) < 4.78 is 34.1. The van der Waals surface area contributed by atoms with Crippen LogP contribution in [0.25, 0.3) is 0 Å². The first-order chi connectivity index (χ1) is 22.5. The van der Waals surface area contributed by atoms with Crippen LogP contribution in [-0.2, 0) is 38.7 Å². The summed E-state index contributed by atoms with van der Waals surface area (Å²) in [6.45, 7) is 12.3. The summed E-state index contributed by atoms with van der Waals surface area (Å²) >= 11 is -1.95. The summed E-state index contributed by atoms with van der Waals surface area (Å²) in [6, 6.07) is 32.4. The van der Waals surface area contributed by atoms with Gasteiger partial charge in [-0.1, -0.05) is 116 Å². The van der Waals surface area contributed by atoms with E-state index in [4.69, 9.17) is 13.7 Å². The van der Waals surface area contributed by atoms with Crippen LogP contribution in [0.2, 0.25) is 0 Å². The van der Waals surface area contributed by atoms with Crippen molar-refractivity contribution in [2.75, 3.05) is 6.61 Å². The van der Waals surface area contributed by atoms with Crippen molar-refractivity contribution in [1.82, 2.24) is 4.31 Å². The predicted octanol–water partition coefficient (Wildman–Crippen LogP) is 7.59. The highest BCUT2D eigenvalue weighted by atomic mass is 32.2. The third-order valence-corrected chi connectivity index (χ3v) is 9.51. The molecule has 0 aliphatic rings. The van der Waals surface area contributed by atoms with Crippen LogP contribution < -0.4 is 4.18 Å². The molecule has 4 rings (SSSR count).